The van der Waals surface area contributed by atoms with E-state index in [0.29, 0.717) is 0 Å². The van der Waals surface area contributed by atoms with Crippen LogP contribution in [0.2, 0.25) is 0 Å². The minimum absolute atomic E-state index is 1.14. The maximum Gasteiger partial charge on any atom is 0.0493 e. The summed E-state index contributed by atoms with van der Waals surface area (Å²) in [5.41, 5.74) is 13.4. The van der Waals surface area contributed by atoms with Crippen LogP contribution in [0.5, 0.6) is 0 Å². The van der Waals surface area contributed by atoms with E-state index < -0.39 is 0 Å². The van der Waals surface area contributed by atoms with E-state index in [1.807, 2.05) is 0 Å². The zero-order valence-electron chi connectivity index (χ0n) is 23.2. The molecule has 0 bridgehead atoms. The maximum absolute atomic E-state index is 2.35. The van der Waals surface area contributed by atoms with Crippen molar-refractivity contribution in [2.75, 3.05) is 4.90 Å². The Hall–Kier alpha value is -4.62. The monoisotopic (exact) mass is 505 g/mol. The quantitative estimate of drug-likeness (QED) is 0.199. The highest BCUT2D eigenvalue weighted by Crippen LogP contribution is 2.37. The smallest absolute Gasteiger partial charge is 0.0493 e. The number of nitrogens with zero attached hydrogens (tertiary/aromatic N) is 1. The highest BCUT2D eigenvalue weighted by atomic mass is 15.1. The predicted octanol–water partition coefficient (Wildman–Crippen LogP) is 10.7. The van der Waals surface area contributed by atoms with Gasteiger partial charge in [0.25, 0.3) is 0 Å². The molecule has 0 aliphatic heterocycles. The van der Waals surface area contributed by atoms with Gasteiger partial charge in [0.1, 0.15) is 0 Å². The van der Waals surface area contributed by atoms with Gasteiger partial charge in [-0.25, -0.2) is 0 Å². The van der Waals surface area contributed by atoms with E-state index >= 15 is 0 Å². The second kappa shape index (κ2) is 11.8. The lowest BCUT2D eigenvalue weighted by molar-refractivity contribution is 1.22. The van der Waals surface area contributed by atoms with Crippen LogP contribution in [0.1, 0.15) is 44.5 Å². The van der Waals surface area contributed by atoms with Crippen molar-refractivity contribution in [1.82, 2.24) is 0 Å². The number of rotatable bonds is 7. The molecule has 39 heavy (non-hydrogen) atoms. The molecule has 0 aliphatic carbocycles. The molecule has 0 atom stereocenters. The third-order valence-electron chi connectivity index (χ3n) is 7.21. The van der Waals surface area contributed by atoms with E-state index in [0.717, 1.165) is 11.4 Å². The number of aryl methyl sites for hydroxylation is 3. The molecule has 5 rings (SSSR count). The predicted molar refractivity (Wildman–Crippen MR) is 171 cm³/mol. The Labute approximate surface area is 233 Å². The molecule has 0 radical (unpaired) electrons. The molecule has 0 spiro atoms. The zero-order valence-corrected chi connectivity index (χ0v) is 23.2. The summed E-state index contributed by atoms with van der Waals surface area (Å²) in [6.07, 6.45) is 8.68. The zero-order chi connectivity index (χ0) is 27.2. The van der Waals surface area contributed by atoms with Crippen molar-refractivity contribution in [2.45, 2.75) is 27.7 Å². The van der Waals surface area contributed by atoms with Gasteiger partial charge in [-0.05, 0) is 91.4 Å². The van der Waals surface area contributed by atoms with Gasteiger partial charge in [0.05, 0.1) is 0 Å². The first-order chi connectivity index (χ1) is 19.0. The maximum atomic E-state index is 2.35. The van der Waals surface area contributed by atoms with Gasteiger partial charge < -0.3 is 4.90 Å². The summed E-state index contributed by atoms with van der Waals surface area (Å²) in [6.45, 7) is 8.61. The third-order valence-corrected chi connectivity index (χ3v) is 7.21. The van der Waals surface area contributed by atoms with Crippen molar-refractivity contribution in [1.29, 1.82) is 0 Å². The fourth-order valence-electron chi connectivity index (χ4n) is 4.61. The first kappa shape index (κ1) is 26.0. The van der Waals surface area contributed by atoms with Gasteiger partial charge in [-0.1, -0.05) is 120 Å². The molecule has 1 heteroatoms. The summed E-state index contributed by atoms with van der Waals surface area (Å²) in [6, 6.07) is 41.3. The van der Waals surface area contributed by atoms with Gasteiger partial charge in [-0.3, -0.25) is 0 Å². The topological polar surface area (TPSA) is 3.24 Å². The lowest BCUT2D eigenvalue weighted by Crippen LogP contribution is -2.11. The van der Waals surface area contributed by atoms with Crippen molar-refractivity contribution < 1.29 is 0 Å². The van der Waals surface area contributed by atoms with Gasteiger partial charge in [0, 0.05) is 17.1 Å². The summed E-state index contributed by atoms with van der Waals surface area (Å²) in [4.78, 5) is 2.35. The normalized spacial score (nSPS) is 11.4. The number of anilines is 3. The highest BCUT2D eigenvalue weighted by Gasteiger charge is 2.15. The fraction of sp³-hybridized carbons (Fsp3) is 0.105. The van der Waals surface area contributed by atoms with Crippen LogP contribution in [0, 0.1) is 27.7 Å². The Morgan fingerprint density at radius 3 is 1.15 bits per heavy atom. The number of hydrogen-bond acceptors (Lipinski definition) is 1. The average Bonchev–Trinajstić information content (AvgIpc) is 2.96. The largest absolute Gasteiger partial charge is 0.310 e. The van der Waals surface area contributed by atoms with Crippen LogP contribution >= 0.6 is 0 Å². The van der Waals surface area contributed by atoms with Crippen molar-refractivity contribution in [3.05, 3.63) is 160 Å². The standard InChI is InChI=1S/C38H35N/c1-28-8-12-32(13-9-28)16-18-34-20-24-36(25-21-34)39(38-7-5-6-30(3)31(38)4)37-26-22-35(23-27-37)19-17-33-14-10-29(2)11-15-33/h5-27H,1-4H3/b18-16+,19-17+. The van der Waals surface area contributed by atoms with Crippen molar-refractivity contribution in [3.63, 3.8) is 0 Å². The molecule has 192 valence electrons. The van der Waals surface area contributed by atoms with E-state index in [1.54, 1.807) is 0 Å². The summed E-state index contributed by atoms with van der Waals surface area (Å²) < 4.78 is 0. The minimum Gasteiger partial charge on any atom is -0.310 e. The minimum atomic E-state index is 1.14. The van der Waals surface area contributed by atoms with E-state index in [-0.39, 0.29) is 0 Å². The molecule has 1 nitrogen and oxygen atoms in total. The van der Waals surface area contributed by atoms with Crippen LogP contribution in [0.3, 0.4) is 0 Å². The van der Waals surface area contributed by atoms with Gasteiger partial charge >= 0.3 is 0 Å². The average molecular weight is 506 g/mol. The molecule has 0 fully saturated rings. The molecule has 0 saturated carbocycles. The molecule has 0 heterocycles. The van der Waals surface area contributed by atoms with E-state index in [4.69, 9.17) is 0 Å². The van der Waals surface area contributed by atoms with Crippen LogP contribution in [0.4, 0.5) is 17.1 Å². The van der Waals surface area contributed by atoms with Crippen molar-refractivity contribution >= 4 is 41.4 Å². The lowest BCUT2D eigenvalue weighted by Gasteiger charge is -2.28. The van der Waals surface area contributed by atoms with Gasteiger partial charge in [0.15, 0.2) is 0 Å². The SMILES string of the molecule is Cc1ccc(/C=C/c2ccc(N(c3ccc(/C=C/c4ccc(C)cc4)cc3)c3cccc(C)c3C)cc2)cc1. The van der Waals surface area contributed by atoms with Crippen LogP contribution in [0.25, 0.3) is 24.3 Å². The Morgan fingerprint density at radius 2 is 0.769 bits per heavy atom. The first-order valence-corrected chi connectivity index (χ1v) is 13.5. The molecule has 0 aliphatic rings. The first-order valence-electron chi connectivity index (χ1n) is 13.5. The lowest BCUT2D eigenvalue weighted by atomic mass is 10.0. The van der Waals surface area contributed by atoms with Gasteiger partial charge in [-0.15, -0.1) is 0 Å². The van der Waals surface area contributed by atoms with Crippen LogP contribution < -0.4 is 4.90 Å². The summed E-state index contributed by atoms with van der Waals surface area (Å²) >= 11 is 0. The molecule has 0 saturated heterocycles. The Balaban J connectivity index is 1.44. The highest BCUT2D eigenvalue weighted by molar-refractivity contribution is 5.81. The fourth-order valence-corrected chi connectivity index (χ4v) is 4.61. The molecular formula is C38H35N. The van der Waals surface area contributed by atoms with Gasteiger partial charge in [0.2, 0.25) is 0 Å². The molecule has 5 aromatic carbocycles. The second-order valence-corrected chi connectivity index (χ2v) is 10.2. The molecular weight excluding hydrogens is 470 g/mol. The third kappa shape index (κ3) is 6.45. The Morgan fingerprint density at radius 1 is 0.410 bits per heavy atom. The van der Waals surface area contributed by atoms with Crippen molar-refractivity contribution in [3.8, 4) is 0 Å². The Bertz CT molecular complexity index is 1490. The van der Waals surface area contributed by atoms with E-state index in [2.05, 4.69) is 172 Å². The molecule has 5 aromatic rings. The molecule has 0 amide bonds. The summed E-state index contributed by atoms with van der Waals surface area (Å²) in [7, 11) is 0. The molecule has 0 unspecified atom stereocenters. The van der Waals surface area contributed by atoms with Crippen LogP contribution in [0.15, 0.2) is 115 Å². The number of benzene rings is 5. The Kier molecular flexibility index (Phi) is 7.89. The van der Waals surface area contributed by atoms with E-state index in [1.165, 1.54) is 50.2 Å². The second-order valence-electron chi connectivity index (χ2n) is 10.2. The van der Waals surface area contributed by atoms with Gasteiger partial charge in [-0.2, -0.15) is 0 Å². The summed E-state index contributed by atoms with van der Waals surface area (Å²) in [5.74, 6) is 0. The summed E-state index contributed by atoms with van der Waals surface area (Å²) in [5, 5.41) is 0. The number of hydrogen-bond donors (Lipinski definition) is 0. The van der Waals surface area contributed by atoms with Crippen LogP contribution in [-0.4, -0.2) is 0 Å². The van der Waals surface area contributed by atoms with Crippen LogP contribution in [-0.2, 0) is 0 Å². The van der Waals surface area contributed by atoms with Crippen molar-refractivity contribution in [2.24, 2.45) is 0 Å². The van der Waals surface area contributed by atoms with E-state index in [9.17, 15) is 0 Å². The molecule has 0 aromatic heterocycles. The molecule has 0 N–H and O–H groups in total.